The fourth-order valence-corrected chi connectivity index (χ4v) is 4.79. The number of rotatable bonds is 0. The Kier molecular flexibility index (Phi) is 34.8. The molecule has 224 valence electrons. The van der Waals surface area contributed by atoms with Crippen molar-refractivity contribution >= 4 is 45.1 Å². The molecule has 0 saturated heterocycles. The van der Waals surface area contributed by atoms with E-state index in [4.69, 9.17) is 13.0 Å². The molecule has 2 aliphatic carbocycles. The predicted molar refractivity (Wildman–Crippen MR) is 143 cm³/mol. The third-order valence-corrected chi connectivity index (χ3v) is 9.14. The second-order valence-corrected chi connectivity index (χ2v) is 10.9. The molecule has 0 aromatic heterocycles. The zero-order valence-electron chi connectivity index (χ0n) is 23.4. The van der Waals surface area contributed by atoms with Crippen LogP contribution < -0.4 is 0 Å². The van der Waals surface area contributed by atoms with Crippen molar-refractivity contribution in [3.05, 3.63) is 0 Å². The van der Waals surface area contributed by atoms with Crippen LogP contribution in [0.15, 0.2) is 0 Å². The van der Waals surface area contributed by atoms with Gasteiger partial charge in [-0.15, -0.1) is 0 Å². The van der Waals surface area contributed by atoms with Crippen LogP contribution in [0.25, 0.3) is 0 Å². The molecular formula is C23H48ClF3O4Ru2S3+2. The first-order valence-corrected chi connectivity index (χ1v) is 16.6. The van der Waals surface area contributed by atoms with E-state index in [2.05, 4.69) is 104 Å². The second-order valence-electron chi connectivity index (χ2n) is 9.49. The second kappa shape index (κ2) is 24.7. The van der Waals surface area contributed by atoms with Crippen LogP contribution in [0, 0.1) is 59.2 Å². The first kappa shape index (κ1) is 50.7. The van der Waals surface area contributed by atoms with Gasteiger partial charge < -0.3 is 35.3 Å². The quantitative estimate of drug-likeness (QED) is 0.120. The van der Waals surface area contributed by atoms with Gasteiger partial charge >= 0.3 is 52.0 Å². The Hall–Kier alpha value is 1.90. The first-order chi connectivity index (χ1) is 15.4. The topological polar surface area (TPSA) is 88.7 Å². The average molecular weight is 779 g/mol. The fraction of sp³-hybridized carbons (Fsp3) is 1.00. The molecule has 2 N–H and O–H groups in total. The van der Waals surface area contributed by atoms with Crippen molar-refractivity contribution in [1.29, 1.82) is 0 Å². The first-order valence-electron chi connectivity index (χ1n) is 11.3. The molecule has 0 bridgehead atoms. The van der Waals surface area contributed by atoms with Crippen molar-refractivity contribution in [2.24, 2.45) is 59.2 Å². The molecule has 0 spiro atoms. The minimum absolute atomic E-state index is 0. The average Bonchev–Trinajstić information content (AvgIpc) is 3.07. The molecule has 2 rings (SSSR count). The van der Waals surface area contributed by atoms with Crippen LogP contribution in [0.4, 0.5) is 13.2 Å². The Labute approximate surface area is 258 Å². The van der Waals surface area contributed by atoms with Gasteiger partial charge in [0.1, 0.15) is 0 Å². The van der Waals surface area contributed by atoms with E-state index in [0.29, 0.717) is 0 Å². The molecule has 2 aliphatic rings. The summed E-state index contributed by atoms with van der Waals surface area (Å²) in [6.07, 6.45) is 3.17. The maximum absolute atomic E-state index is 10.7. The predicted octanol–water partition coefficient (Wildman–Crippen LogP) is 6.60. The van der Waals surface area contributed by atoms with Crippen molar-refractivity contribution in [1.82, 2.24) is 0 Å². The third-order valence-electron chi connectivity index (χ3n) is 8.58. The number of alkyl halides is 3. The van der Waals surface area contributed by atoms with Crippen LogP contribution in [-0.4, -0.2) is 36.5 Å². The van der Waals surface area contributed by atoms with Crippen molar-refractivity contribution in [3.63, 3.8) is 0 Å². The van der Waals surface area contributed by atoms with E-state index in [-0.39, 0.29) is 25.0 Å². The number of halogens is 4. The van der Waals surface area contributed by atoms with Gasteiger partial charge in [-0.2, -0.15) is 25.7 Å². The smallest absolute Gasteiger partial charge is 3.00 e. The molecule has 0 aliphatic heterocycles. The van der Waals surface area contributed by atoms with E-state index >= 15 is 0 Å². The van der Waals surface area contributed by atoms with Gasteiger partial charge in [0.2, 0.25) is 0 Å². The summed E-state index contributed by atoms with van der Waals surface area (Å²) in [4.78, 5) is 0. The third kappa shape index (κ3) is 16.9. The van der Waals surface area contributed by atoms with E-state index < -0.39 is 15.6 Å². The summed E-state index contributed by atoms with van der Waals surface area (Å²) in [5.74, 6) is 9.35. The van der Waals surface area contributed by atoms with Gasteiger partial charge in [-0.05, 0) is 59.2 Å². The number of hydrogen-bond donors (Lipinski definition) is 0. The van der Waals surface area contributed by atoms with E-state index in [1.54, 1.807) is 12.5 Å². The Morgan fingerprint density at radius 1 is 0.583 bits per heavy atom. The zero-order chi connectivity index (χ0) is 28.8. The van der Waals surface area contributed by atoms with Gasteiger partial charge in [-0.3, -0.25) is 0 Å². The standard InChI is InChI=1S/2C10H20.CHF3O3S.2CH4S.ClH.H2O.2Ru/c2*1-6-7(2)9(4)10(5)8(6)3;2-1(3,4)8(5,6)7;2*1-2;;;;/h2*6-10H,1-5H3;(H,5,6,7);2*2H,1H3;1H;1H2;;/q;;;;;;;2*+3/p-4. The summed E-state index contributed by atoms with van der Waals surface area (Å²) < 4.78 is 58.9. The van der Waals surface area contributed by atoms with Crippen LogP contribution in [0.5, 0.6) is 0 Å². The minimum atomic E-state index is -6.09. The summed E-state index contributed by atoms with van der Waals surface area (Å²) in [6, 6.07) is 0. The van der Waals surface area contributed by atoms with E-state index in [0.717, 1.165) is 59.2 Å². The van der Waals surface area contributed by atoms with Crippen LogP contribution in [-0.2, 0) is 72.2 Å². The van der Waals surface area contributed by atoms with Gasteiger partial charge in [0.05, 0.1) is 0 Å². The van der Waals surface area contributed by atoms with Crippen LogP contribution in [0.1, 0.15) is 69.2 Å². The number of hydrogen-bond acceptors (Lipinski definition) is 5. The van der Waals surface area contributed by atoms with Crippen molar-refractivity contribution in [2.75, 3.05) is 12.5 Å². The van der Waals surface area contributed by atoms with E-state index in [1.807, 2.05) is 17.3 Å². The van der Waals surface area contributed by atoms with E-state index in [9.17, 15) is 13.2 Å². The summed E-state index contributed by atoms with van der Waals surface area (Å²) in [7, 11) is -1.52. The largest absolute Gasteiger partial charge is 3.00 e. The van der Waals surface area contributed by atoms with Gasteiger partial charge in [0.25, 0.3) is 0 Å². The molecular weight excluding hydrogens is 731 g/mol. The van der Waals surface area contributed by atoms with Gasteiger partial charge in [0.15, 0.2) is 10.1 Å². The molecule has 1 radical (unpaired) electrons. The molecule has 13 heteroatoms. The van der Waals surface area contributed by atoms with Crippen molar-refractivity contribution in [2.45, 2.75) is 74.7 Å². The molecule has 2 fully saturated rings. The Morgan fingerprint density at radius 2 is 0.639 bits per heavy atom. The van der Waals surface area contributed by atoms with Gasteiger partial charge in [-0.1, -0.05) is 69.2 Å². The van der Waals surface area contributed by atoms with Gasteiger partial charge in [0, 0.05) is 0 Å². The van der Waals surface area contributed by atoms with Crippen LogP contribution in [0.3, 0.4) is 0 Å². The Bertz CT molecular complexity index is 486. The Balaban J connectivity index is -0.0000000831. The van der Waals surface area contributed by atoms with Gasteiger partial charge in [-0.25, -0.2) is 8.42 Å². The molecule has 0 heterocycles. The molecule has 0 unspecified atom stereocenters. The van der Waals surface area contributed by atoms with E-state index in [1.165, 1.54) is 0 Å². The normalized spacial score (nSPS) is 34.4. The monoisotopic (exact) mass is 780 g/mol. The summed E-state index contributed by atoms with van der Waals surface area (Å²) in [6.45, 7) is 24.0. The zero-order valence-corrected chi connectivity index (χ0v) is 30.1. The summed E-state index contributed by atoms with van der Waals surface area (Å²) in [5.41, 5.74) is -5.65. The molecule has 0 aromatic rings. The summed E-state index contributed by atoms with van der Waals surface area (Å²) >= 11 is 9.99. The fourth-order valence-electron chi connectivity index (χ4n) is 4.79. The SMILES string of the molecule is CC1C(C)C(C)C(C)C1C.CC1C(C)C(C)C(C)C1C.C[S-].C[S-].O.O=S(=O)([O-])C(F)(F)F.[Cl][Ru+2].[Ru+3]. The molecule has 0 atom stereocenters. The van der Waals surface area contributed by atoms with Crippen molar-refractivity contribution < 1.29 is 68.4 Å². The Morgan fingerprint density at radius 3 is 0.667 bits per heavy atom. The van der Waals surface area contributed by atoms with Crippen LogP contribution in [0.2, 0.25) is 0 Å². The maximum atomic E-state index is 10.7. The molecule has 2 saturated carbocycles. The molecule has 36 heavy (non-hydrogen) atoms. The maximum Gasteiger partial charge on any atom is 3.00 e. The minimum Gasteiger partial charge on any atom is 3.00 e. The molecule has 0 amide bonds. The van der Waals surface area contributed by atoms with Crippen LogP contribution >= 0.6 is 9.69 Å². The van der Waals surface area contributed by atoms with Crippen molar-refractivity contribution in [3.8, 4) is 0 Å². The summed E-state index contributed by atoms with van der Waals surface area (Å²) in [5, 5.41) is 0. The molecule has 0 aromatic carbocycles. The molecule has 4 nitrogen and oxygen atoms in total.